The van der Waals surface area contributed by atoms with Gasteiger partial charge in [-0.05, 0) is 43.4 Å². The van der Waals surface area contributed by atoms with Gasteiger partial charge in [0.1, 0.15) is 6.04 Å². The van der Waals surface area contributed by atoms with Crippen LogP contribution in [-0.4, -0.2) is 91.1 Å². The summed E-state index contributed by atoms with van der Waals surface area (Å²) in [6, 6.07) is 8.24. The Hall–Kier alpha value is -1.62. The Bertz CT molecular complexity index is 850. The minimum Gasteiger partial charge on any atom is -0.340 e. The minimum atomic E-state index is -3.49. The molecule has 2 aliphatic rings. The molecule has 178 valence electrons. The molecule has 10 heteroatoms. The fourth-order valence-electron chi connectivity index (χ4n) is 4.12. The van der Waals surface area contributed by atoms with E-state index in [0.717, 1.165) is 31.4 Å². The second-order valence-electron chi connectivity index (χ2n) is 8.22. The van der Waals surface area contributed by atoms with Crippen molar-refractivity contribution in [3.63, 3.8) is 0 Å². The van der Waals surface area contributed by atoms with E-state index in [9.17, 15) is 18.0 Å². The molecule has 2 fully saturated rings. The zero-order valence-corrected chi connectivity index (χ0v) is 20.4. The molecule has 8 nitrogen and oxygen atoms in total. The van der Waals surface area contributed by atoms with E-state index in [2.05, 4.69) is 5.32 Å². The van der Waals surface area contributed by atoms with E-state index < -0.39 is 16.3 Å². The molecule has 2 amide bonds. The number of hydrogen-bond acceptors (Lipinski definition) is 5. The van der Waals surface area contributed by atoms with Gasteiger partial charge in [-0.15, -0.1) is 0 Å². The second kappa shape index (κ2) is 12.0. The maximum Gasteiger partial charge on any atom is 0.282 e. The molecular weight excluding hydrogens is 448 g/mol. The average Bonchev–Trinajstić information content (AvgIpc) is 3.12. The molecule has 2 heterocycles. The van der Waals surface area contributed by atoms with Gasteiger partial charge in [0.15, 0.2) is 0 Å². The van der Waals surface area contributed by atoms with Crippen molar-refractivity contribution < 1.29 is 18.0 Å². The summed E-state index contributed by atoms with van der Waals surface area (Å²) in [5.74, 6) is 0.331. The van der Waals surface area contributed by atoms with Crippen molar-refractivity contribution in [1.82, 2.24) is 18.8 Å². The molecule has 1 aromatic rings. The molecule has 2 aliphatic heterocycles. The van der Waals surface area contributed by atoms with Crippen LogP contribution < -0.4 is 5.32 Å². The first-order chi connectivity index (χ1) is 15.4. The summed E-state index contributed by atoms with van der Waals surface area (Å²) < 4.78 is 29.2. The van der Waals surface area contributed by atoms with Gasteiger partial charge in [0.2, 0.25) is 5.91 Å². The fraction of sp³-hybridized carbons (Fsp3) is 0.636. The van der Waals surface area contributed by atoms with E-state index >= 15 is 0 Å². The lowest BCUT2D eigenvalue weighted by molar-refractivity contribution is -0.134. The third-order valence-electron chi connectivity index (χ3n) is 6.02. The lowest BCUT2D eigenvalue weighted by Gasteiger charge is -2.37. The van der Waals surface area contributed by atoms with Crippen LogP contribution in [0.1, 0.15) is 42.5 Å². The molecule has 0 bridgehead atoms. The smallest absolute Gasteiger partial charge is 0.282 e. The van der Waals surface area contributed by atoms with Gasteiger partial charge in [-0.2, -0.15) is 28.8 Å². The number of piperazine rings is 1. The predicted octanol–water partition coefficient (Wildman–Crippen LogP) is 1.80. The summed E-state index contributed by atoms with van der Waals surface area (Å²) in [5, 5.41) is 2.88. The van der Waals surface area contributed by atoms with Gasteiger partial charge < -0.3 is 10.2 Å². The Morgan fingerprint density at radius 1 is 0.938 bits per heavy atom. The highest BCUT2D eigenvalue weighted by Gasteiger charge is 2.35. The van der Waals surface area contributed by atoms with Crippen LogP contribution in [0.25, 0.3) is 0 Å². The lowest BCUT2D eigenvalue weighted by atomic mass is 10.1. The predicted molar refractivity (Wildman–Crippen MR) is 128 cm³/mol. The molecule has 32 heavy (non-hydrogen) atoms. The van der Waals surface area contributed by atoms with Crippen LogP contribution in [0, 0.1) is 0 Å². The van der Waals surface area contributed by atoms with Gasteiger partial charge in [0.25, 0.3) is 16.1 Å². The summed E-state index contributed by atoms with van der Waals surface area (Å²) >= 11 is 1.62. The van der Waals surface area contributed by atoms with Crippen molar-refractivity contribution in [3.8, 4) is 0 Å². The molecule has 1 N–H and O–H groups in total. The number of rotatable bonds is 8. The number of hydrogen-bond donors (Lipinski definition) is 1. The summed E-state index contributed by atoms with van der Waals surface area (Å²) in [6.07, 6.45) is 6.44. The van der Waals surface area contributed by atoms with Crippen LogP contribution in [0.4, 0.5) is 0 Å². The van der Waals surface area contributed by atoms with Crippen LogP contribution in [0.5, 0.6) is 0 Å². The van der Waals surface area contributed by atoms with Crippen LogP contribution in [-0.2, 0) is 15.0 Å². The molecule has 0 spiro atoms. The van der Waals surface area contributed by atoms with E-state index in [1.807, 2.05) is 12.3 Å². The topological polar surface area (TPSA) is 90.0 Å². The summed E-state index contributed by atoms with van der Waals surface area (Å²) in [6.45, 7) is 2.39. The zero-order valence-electron chi connectivity index (χ0n) is 18.7. The summed E-state index contributed by atoms with van der Waals surface area (Å²) in [4.78, 5) is 27.5. The Kier molecular flexibility index (Phi) is 9.39. The summed E-state index contributed by atoms with van der Waals surface area (Å²) in [7, 11) is -3.49. The largest absolute Gasteiger partial charge is 0.340 e. The Morgan fingerprint density at radius 2 is 1.53 bits per heavy atom. The molecule has 2 saturated heterocycles. The molecule has 3 rings (SSSR count). The SMILES string of the molecule is CSCCC(NC(=O)c1ccccc1)C(=O)N1CCN(S(=O)(=O)N2CCCCCC2)CC1. The third kappa shape index (κ3) is 6.46. The van der Waals surface area contributed by atoms with Crippen molar-refractivity contribution in [2.75, 3.05) is 51.3 Å². The molecule has 1 aromatic carbocycles. The number of carbonyl (C=O) groups is 2. The summed E-state index contributed by atoms with van der Waals surface area (Å²) in [5.41, 5.74) is 0.516. The quantitative estimate of drug-likeness (QED) is 0.610. The number of benzene rings is 1. The minimum absolute atomic E-state index is 0.143. The molecule has 1 atom stereocenters. The lowest BCUT2D eigenvalue weighted by Crippen LogP contribution is -2.57. The standard InChI is InChI=1S/C22H34N4O4S2/c1-31-18-11-20(23-21(27)19-9-5-4-6-10-19)22(28)24-14-16-26(17-15-24)32(29,30)25-12-7-2-3-8-13-25/h4-6,9-10,20H,2-3,7-8,11-18H2,1H3,(H,23,27). The monoisotopic (exact) mass is 482 g/mol. The highest BCUT2D eigenvalue weighted by molar-refractivity contribution is 7.98. The van der Waals surface area contributed by atoms with Crippen LogP contribution >= 0.6 is 11.8 Å². The molecular formula is C22H34N4O4S2. The van der Waals surface area contributed by atoms with E-state index in [1.54, 1.807) is 45.2 Å². The van der Waals surface area contributed by atoms with Gasteiger partial charge in [-0.25, -0.2) is 0 Å². The maximum absolute atomic E-state index is 13.2. The van der Waals surface area contributed by atoms with Crippen LogP contribution in [0.3, 0.4) is 0 Å². The molecule has 0 saturated carbocycles. The third-order valence-corrected chi connectivity index (χ3v) is 8.70. The van der Waals surface area contributed by atoms with Crippen molar-refractivity contribution in [2.24, 2.45) is 0 Å². The van der Waals surface area contributed by atoms with E-state index in [0.29, 0.717) is 38.2 Å². The first kappa shape index (κ1) is 25.0. The Morgan fingerprint density at radius 3 is 2.12 bits per heavy atom. The van der Waals surface area contributed by atoms with Gasteiger partial charge in [0, 0.05) is 44.8 Å². The van der Waals surface area contributed by atoms with Gasteiger partial charge in [0.05, 0.1) is 0 Å². The fourth-order valence-corrected chi connectivity index (χ4v) is 6.26. The van der Waals surface area contributed by atoms with Crippen molar-refractivity contribution >= 4 is 33.8 Å². The Balaban J connectivity index is 1.60. The molecule has 1 unspecified atom stereocenters. The van der Waals surface area contributed by atoms with Crippen molar-refractivity contribution in [1.29, 1.82) is 0 Å². The molecule has 0 aromatic heterocycles. The van der Waals surface area contributed by atoms with E-state index in [4.69, 9.17) is 0 Å². The van der Waals surface area contributed by atoms with E-state index in [1.165, 1.54) is 4.31 Å². The number of nitrogens with one attached hydrogen (secondary N) is 1. The van der Waals surface area contributed by atoms with Crippen LogP contribution in [0.15, 0.2) is 30.3 Å². The molecule has 0 radical (unpaired) electrons. The van der Waals surface area contributed by atoms with Gasteiger partial charge in [-0.3, -0.25) is 9.59 Å². The number of carbonyl (C=O) groups excluding carboxylic acids is 2. The highest BCUT2D eigenvalue weighted by atomic mass is 32.2. The first-order valence-electron chi connectivity index (χ1n) is 11.3. The van der Waals surface area contributed by atoms with Crippen molar-refractivity contribution in [3.05, 3.63) is 35.9 Å². The van der Waals surface area contributed by atoms with E-state index in [-0.39, 0.29) is 24.9 Å². The average molecular weight is 483 g/mol. The number of nitrogens with zero attached hydrogens (tertiary/aromatic N) is 3. The van der Waals surface area contributed by atoms with Gasteiger partial charge >= 0.3 is 0 Å². The van der Waals surface area contributed by atoms with Crippen molar-refractivity contribution in [2.45, 2.75) is 38.1 Å². The second-order valence-corrected chi connectivity index (χ2v) is 11.1. The Labute approximate surface area is 195 Å². The van der Waals surface area contributed by atoms with Gasteiger partial charge in [-0.1, -0.05) is 31.0 Å². The number of thioether (sulfide) groups is 1. The first-order valence-corrected chi connectivity index (χ1v) is 14.1. The van der Waals surface area contributed by atoms with Crippen LogP contribution in [0.2, 0.25) is 0 Å². The highest BCUT2D eigenvalue weighted by Crippen LogP contribution is 2.18. The normalized spacial score (nSPS) is 19.8. The zero-order chi connectivity index (χ0) is 23.0. The number of amides is 2. The maximum atomic E-state index is 13.2. The molecule has 0 aliphatic carbocycles.